The Morgan fingerprint density at radius 1 is 0.471 bits per heavy atom. The maximum absolute atomic E-state index is 6.52. The molecule has 1 fully saturated rings. The van der Waals surface area contributed by atoms with Crippen molar-refractivity contribution in [3.8, 4) is 0 Å². The molecule has 1 aliphatic heterocycles. The number of hydrogen-bond acceptors (Lipinski definition) is 6. The smallest absolute Gasteiger partial charge is 0.135 e. The number of rotatable bonds is 4. The lowest BCUT2D eigenvalue weighted by molar-refractivity contribution is 0.203. The van der Waals surface area contributed by atoms with E-state index in [1.807, 2.05) is 17.4 Å². The molecule has 1 aliphatic carbocycles. The molecule has 0 saturated carbocycles. The van der Waals surface area contributed by atoms with Crippen LogP contribution in [-0.2, 0) is 0 Å². The topological polar surface area (TPSA) is 62.4 Å². The minimum Gasteiger partial charge on any atom is -0.460 e. The summed E-state index contributed by atoms with van der Waals surface area (Å²) in [4.78, 5) is 0. The van der Waals surface area contributed by atoms with E-state index in [-0.39, 0.29) is 24.4 Å². The van der Waals surface area contributed by atoms with Crippen LogP contribution in [0.15, 0.2) is 148 Å². The molecule has 246 valence electrons. The zero-order chi connectivity index (χ0) is 33.5. The Bertz CT molecular complexity index is 2810. The average Bonchev–Trinajstić information content (AvgIpc) is 3.88. The first-order chi connectivity index (χ1) is 25.2. The van der Waals surface area contributed by atoms with Crippen LogP contribution in [0.4, 0.5) is 0 Å². The molecule has 0 spiro atoms. The summed E-state index contributed by atoms with van der Waals surface area (Å²) in [6.07, 6.45) is 5.14. The quantitative estimate of drug-likeness (QED) is 0.173. The van der Waals surface area contributed by atoms with Crippen LogP contribution in [0, 0.1) is 0 Å². The normalized spacial score (nSPS) is 20.5. The van der Waals surface area contributed by atoms with Gasteiger partial charge in [-0.05, 0) is 71.1 Å². The molecule has 11 rings (SSSR count). The highest BCUT2D eigenvalue weighted by atomic mass is 32.1. The zero-order valence-corrected chi connectivity index (χ0v) is 28.4. The predicted molar refractivity (Wildman–Crippen MR) is 209 cm³/mol. The maximum atomic E-state index is 6.52. The molecule has 9 aromatic rings. The first-order valence-electron chi connectivity index (χ1n) is 17.6. The van der Waals surface area contributed by atoms with Gasteiger partial charge in [0, 0.05) is 47.8 Å². The van der Waals surface area contributed by atoms with Crippen LogP contribution >= 0.6 is 11.3 Å². The van der Waals surface area contributed by atoms with Gasteiger partial charge in [-0.25, -0.2) is 0 Å². The number of para-hydroxylation sites is 1. The number of benzene rings is 6. The van der Waals surface area contributed by atoms with E-state index in [1.165, 1.54) is 47.8 Å². The fourth-order valence-corrected chi connectivity index (χ4v) is 9.32. The second-order valence-corrected chi connectivity index (χ2v) is 14.8. The largest absolute Gasteiger partial charge is 0.460 e. The summed E-state index contributed by atoms with van der Waals surface area (Å²) < 4.78 is 15.6. The minimum absolute atomic E-state index is 0.0515. The van der Waals surface area contributed by atoms with Crippen LogP contribution in [-0.4, -0.2) is 0 Å². The van der Waals surface area contributed by atoms with Crippen LogP contribution in [0.5, 0.6) is 0 Å². The summed E-state index contributed by atoms with van der Waals surface area (Å²) in [5.41, 5.74) is 8.69. The highest BCUT2D eigenvalue weighted by molar-refractivity contribution is 7.25. The monoisotopic (exact) mass is 679 g/mol. The standard InChI is InChI=1S/C45H33N3O2S/c1-2-9-26(10-3-1)43-46-44(48-45(47-43)29-19-22-41-36(24-29)33-12-5-7-16-40(33)51-41)28-18-21-38-35(23-28)32-20-17-27(25-39(32)49-38)30-13-8-14-34-31-11-4-6-15-37(31)50-42(30)34/h1-12,14-25,30,43-48H,13H2. The highest BCUT2D eigenvalue weighted by Gasteiger charge is 2.31. The van der Waals surface area contributed by atoms with Gasteiger partial charge in [0.25, 0.3) is 0 Å². The lowest BCUT2D eigenvalue weighted by atomic mass is 9.86. The van der Waals surface area contributed by atoms with E-state index in [2.05, 4.69) is 155 Å². The number of thiophene rings is 1. The molecule has 4 unspecified atom stereocenters. The molecule has 3 N–H and O–H groups in total. The van der Waals surface area contributed by atoms with Crippen molar-refractivity contribution in [2.75, 3.05) is 0 Å². The lowest BCUT2D eigenvalue weighted by Crippen LogP contribution is -2.54. The number of fused-ring (bicyclic) bond motifs is 9. The van der Waals surface area contributed by atoms with Crippen molar-refractivity contribution in [2.45, 2.75) is 30.8 Å². The van der Waals surface area contributed by atoms with Gasteiger partial charge in [-0.1, -0.05) is 103 Å². The predicted octanol–water partition coefficient (Wildman–Crippen LogP) is 11.4. The second-order valence-electron chi connectivity index (χ2n) is 13.7. The first-order valence-corrected chi connectivity index (χ1v) is 18.4. The van der Waals surface area contributed by atoms with E-state index >= 15 is 0 Å². The number of furan rings is 2. The molecular weight excluding hydrogens is 647 g/mol. The van der Waals surface area contributed by atoms with E-state index in [0.29, 0.717) is 0 Å². The van der Waals surface area contributed by atoms with Crippen LogP contribution in [0.1, 0.15) is 64.4 Å². The molecule has 5 nitrogen and oxygen atoms in total. The van der Waals surface area contributed by atoms with Crippen molar-refractivity contribution in [2.24, 2.45) is 0 Å². The van der Waals surface area contributed by atoms with Crippen LogP contribution in [0.2, 0.25) is 0 Å². The summed E-state index contributed by atoms with van der Waals surface area (Å²) in [6, 6.07) is 47.8. The third-order valence-electron chi connectivity index (χ3n) is 10.8. The van der Waals surface area contributed by atoms with Crippen molar-refractivity contribution >= 4 is 70.5 Å². The van der Waals surface area contributed by atoms with Crippen molar-refractivity contribution in [1.29, 1.82) is 0 Å². The van der Waals surface area contributed by atoms with Gasteiger partial charge in [0.05, 0.1) is 18.5 Å². The highest BCUT2D eigenvalue weighted by Crippen LogP contribution is 2.43. The lowest BCUT2D eigenvalue weighted by Gasteiger charge is -2.39. The van der Waals surface area contributed by atoms with Gasteiger partial charge < -0.3 is 8.83 Å². The third-order valence-corrected chi connectivity index (χ3v) is 11.9. The van der Waals surface area contributed by atoms with Crippen LogP contribution in [0.25, 0.3) is 59.2 Å². The van der Waals surface area contributed by atoms with Gasteiger partial charge in [0.1, 0.15) is 22.5 Å². The zero-order valence-electron chi connectivity index (χ0n) is 27.6. The van der Waals surface area contributed by atoms with Gasteiger partial charge in [-0.15, -0.1) is 11.3 Å². The van der Waals surface area contributed by atoms with Crippen molar-refractivity contribution < 1.29 is 8.83 Å². The van der Waals surface area contributed by atoms with Gasteiger partial charge in [0.15, 0.2) is 0 Å². The summed E-state index contributed by atoms with van der Waals surface area (Å²) in [6.45, 7) is 0. The number of allylic oxidation sites excluding steroid dienone is 1. The molecule has 0 radical (unpaired) electrons. The van der Waals surface area contributed by atoms with Gasteiger partial charge >= 0.3 is 0 Å². The summed E-state index contributed by atoms with van der Waals surface area (Å²) in [5, 5.41) is 17.6. The maximum Gasteiger partial charge on any atom is 0.135 e. The van der Waals surface area contributed by atoms with Gasteiger partial charge in [0.2, 0.25) is 0 Å². The summed E-state index contributed by atoms with van der Waals surface area (Å²) in [7, 11) is 0. The molecule has 0 amide bonds. The fourth-order valence-electron chi connectivity index (χ4n) is 8.23. The molecule has 6 heteroatoms. The average molecular weight is 680 g/mol. The molecule has 1 saturated heterocycles. The summed E-state index contributed by atoms with van der Waals surface area (Å²) in [5.74, 6) is 1.18. The molecular formula is C45H33N3O2S. The molecule has 4 atom stereocenters. The van der Waals surface area contributed by atoms with Gasteiger partial charge in [-0.3, -0.25) is 16.0 Å². The third kappa shape index (κ3) is 4.79. The number of hydrogen-bond donors (Lipinski definition) is 3. The van der Waals surface area contributed by atoms with Crippen molar-refractivity contribution in [1.82, 2.24) is 16.0 Å². The number of nitrogens with one attached hydrogen (secondary N) is 3. The summed E-state index contributed by atoms with van der Waals surface area (Å²) >= 11 is 1.85. The Morgan fingerprint density at radius 2 is 1.14 bits per heavy atom. The Kier molecular flexibility index (Phi) is 6.61. The molecule has 51 heavy (non-hydrogen) atoms. The van der Waals surface area contributed by atoms with Crippen molar-refractivity contribution in [3.05, 3.63) is 173 Å². The van der Waals surface area contributed by atoms with E-state index in [4.69, 9.17) is 8.83 Å². The molecule has 0 bridgehead atoms. The SMILES string of the molecule is C1=Cc2c(oc3ccccc23)C(c2ccc3c(c2)oc2ccc(C4NC(c5ccccc5)NC(c5ccc6sc7ccccc7c6c5)N4)cc23)C1. The van der Waals surface area contributed by atoms with E-state index < -0.39 is 0 Å². The Labute approximate surface area is 298 Å². The molecule has 4 heterocycles. The van der Waals surface area contributed by atoms with Crippen LogP contribution < -0.4 is 16.0 Å². The second kappa shape index (κ2) is 11.5. The van der Waals surface area contributed by atoms with Crippen LogP contribution in [0.3, 0.4) is 0 Å². The van der Waals surface area contributed by atoms with Gasteiger partial charge in [-0.2, -0.15) is 0 Å². The van der Waals surface area contributed by atoms with E-state index in [9.17, 15) is 0 Å². The first kappa shape index (κ1) is 29.3. The Morgan fingerprint density at radius 3 is 2.00 bits per heavy atom. The van der Waals surface area contributed by atoms with E-state index in [1.54, 1.807) is 0 Å². The molecule has 3 aromatic heterocycles. The van der Waals surface area contributed by atoms with Crippen molar-refractivity contribution in [3.63, 3.8) is 0 Å². The molecule has 2 aliphatic rings. The van der Waals surface area contributed by atoms with E-state index in [0.717, 1.165) is 45.3 Å². The Balaban J connectivity index is 0.961. The molecule has 6 aromatic carbocycles. The fraction of sp³-hybridized carbons (Fsp3) is 0.111. The minimum atomic E-state index is -0.106. The Hall–Kier alpha value is -5.50.